The van der Waals surface area contributed by atoms with Gasteiger partial charge in [0.25, 0.3) is 0 Å². The van der Waals surface area contributed by atoms with Crippen LogP contribution in [0.15, 0.2) is 5.38 Å². The first-order valence-electron chi connectivity index (χ1n) is 6.55. The summed E-state index contributed by atoms with van der Waals surface area (Å²) in [5, 5.41) is 6.12. The van der Waals surface area contributed by atoms with Gasteiger partial charge in [-0.1, -0.05) is 13.8 Å². The number of amides is 2. The molecule has 5 heteroatoms. The molecule has 0 aliphatic heterocycles. The van der Waals surface area contributed by atoms with Crippen molar-refractivity contribution in [2.75, 3.05) is 19.6 Å². The first-order chi connectivity index (χ1) is 8.58. The van der Waals surface area contributed by atoms with Crippen LogP contribution in [0, 0.1) is 0 Å². The van der Waals surface area contributed by atoms with Crippen molar-refractivity contribution in [3.8, 4) is 0 Å². The van der Waals surface area contributed by atoms with E-state index in [2.05, 4.69) is 29.5 Å². The number of thiazole rings is 1. The molecule has 0 spiro atoms. The van der Waals surface area contributed by atoms with E-state index in [1.807, 2.05) is 13.8 Å². The van der Waals surface area contributed by atoms with Crippen LogP contribution in [0.3, 0.4) is 0 Å². The number of hydrogen-bond donors (Lipinski definition) is 1. The highest BCUT2D eigenvalue weighted by atomic mass is 32.1. The largest absolute Gasteiger partial charge is 0.338 e. The third-order valence-corrected chi connectivity index (χ3v) is 3.75. The maximum atomic E-state index is 11.7. The Balaban J connectivity index is 2.34. The van der Waals surface area contributed by atoms with Crippen LogP contribution in [-0.4, -0.2) is 35.5 Å². The summed E-state index contributed by atoms with van der Waals surface area (Å²) in [6, 6.07) is 0.0145. The van der Waals surface area contributed by atoms with E-state index in [0.717, 1.165) is 30.2 Å². The lowest BCUT2D eigenvalue weighted by atomic mass is 10.2. The van der Waals surface area contributed by atoms with E-state index in [9.17, 15) is 4.79 Å². The lowest BCUT2D eigenvalue weighted by Crippen LogP contribution is -2.40. The third-order valence-electron chi connectivity index (χ3n) is 2.83. The molecular weight excluding hydrogens is 246 g/mol. The smallest absolute Gasteiger partial charge is 0.317 e. The normalized spacial score (nSPS) is 10.7. The zero-order valence-electron chi connectivity index (χ0n) is 11.7. The van der Waals surface area contributed by atoms with Gasteiger partial charge in [0.2, 0.25) is 0 Å². The second-order valence-corrected chi connectivity index (χ2v) is 5.42. The van der Waals surface area contributed by atoms with Crippen LogP contribution < -0.4 is 5.32 Å². The molecule has 1 heterocycles. The Bertz CT molecular complexity index is 372. The Morgan fingerprint density at radius 3 is 2.61 bits per heavy atom. The highest BCUT2D eigenvalue weighted by molar-refractivity contribution is 7.09. The third kappa shape index (κ3) is 4.29. The minimum Gasteiger partial charge on any atom is -0.338 e. The molecule has 0 aliphatic rings. The van der Waals surface area contributed by atoms with Gasteiger partial charge in [-0.05, 0) is 19.8 Å². The van der Waals surface area contributed by atoms with Crippen molar-refractivity contribution in [1.82, 2.24) is 15.2 Å². The van der Waals surface area contributed by atoms with E-state index in [1.165, 1.54) is 0 Å². The lowest BCUT2D eigenvalue weighted by Gasteiger charge is -2.18. The molecule has 18 heavy (non-hydrogen) atoms. The summed E-state index contributed by atoms with van der Waals surface area (Å²) in [5.41, 5.74) is 1.14. The van der Waals surface area contributed by atoms with Gasteiger partial charge in [-0.3, -0.25) is 0 Å². The number of carbonyl (C=O) groups excluding carboxylic acids is 1. The summed E-state index contributed by atoms with van der Waals surface area (Å²) in [6.07, 6.45) is 0.810. The molecule has 0 aliphatic carbocycles. The van der Waals surface area contributed by atoms with Gasteiger partial charge < -0.3 is 10.2 Å². The second kappa shape index (κ2) is 7.36. The first kappa shape index (κ1) is 15.0. The average Bonchev–Trinajstić information content (AvgIpc) is 2.79. The van der Waals surface area contributed by atoms with E-state index < -0.39 is 0 Å². The molecule has 0 saturated carbocycles. The van der Waals surface area contributed by atoms with Gasteiger partial charge in [0, 0.05) is 31.4 Å². The molecular formula is C13H23N3OS. The molecule has 0 fully saturated rings. The minimum atomic E-state index is 0.0145. The molecule has 0 saturated heterocycles. The summed E-state index contributed by atoms with van der Waals surface area (Å²) >= 11 is 1.67. The highest BCUT2D eigenvalue weighted by Gasteiger charge is 2.09. The van der Waals surface area contributed by atoms with E-state index in [1.54, 1.807) is 16.2 Å². The van der Waals surface area contributed by atoms with Gasteiger partial charge in [0.1, 0.15) is 0 Å². The molecule has 1 N–H and O–H groups in total. The van der Waals surface area contributed by atoms with Crippen molar-refractivity contribution in [1.29, 1.82) is 0 Å². The van der Waals surface area contributed by atoms with E-state index in [0.29, 0.717) is 12.5 Å². The Morgan fingerprint density at radius 1 is 1.44 bits per heavy atom. The van der Waals surface area contributed by atoms with Crippen molar-refractivity contribution >= 4 is 17.4 Å². The topological polar surface area (TPSA) is 45.2 Å². The first-order valence-corrected chi connectivity index (χ1v) is 7.43. The second-order valence-electron chi connectivity index (χ2n) is 4.48. The Morgan fingerprint density at radius 2 is 2.11 bits per heavy atom. The van der Waals surface area contributed by atoms with Crippen LogP contribution in [-0.2, 0) is 6.42 Å². The average molecular weight is 269 g/mol. The van der Waals surface area contributed by atoms with Gasteiger partial charge in [-0.25, -0.2) is 9.78 Å². The molecule has 0 radical (unpaired) electrons. The van der Waals surface area contributed by atoms with Crippen molar-refractivity contribution < 1.29 is 4.79 Å². The molecule has 2 amide bonds. The molecule has 1 aromatic heterocycles. The molecule has 4 nitrogen and oxygen atoms in total. The Labute approximate surface area is 113 Å². The molecule has 0 atom stereocenters. The summed E-state index contributed by atoms with van der Waals surface area (Å²) < 4.78 is 0. The van der Waals surface area contributed by atoms with Crippen LogP contribution in [0.5, 0.6) is 0 Å². The van der Waals surface area contributed by atoms with Gasteiger partial charge in [0.15, 0.2) is 0 Å². The number of aromatic nitrogens is 1. The summed E-state index contributed by atoms with van der Waals surface area (Å²) in [7, 11) is 0. The van der Waals surface area contributed by atoms with Crippen molar-refractivity contribution in [3.05, 3.63) is 16.1 Å². The maximum absolute atomic E-state index is 11.7. The SMILES string of the molecule is CCN(CC)C(=O)NCCc1nc(C(C)C)cs1. The predicted molar refractivity (Wildman–Crippen MR) is 76.2 cm³/mol. The zero-order chi connectivity index (χ0) is 13.5. The number of nitrogens with one attached hydrogen (secondary N) is 1. The fourth-order valence-corrected chi connectivity index (χ4v) is 2.56. The number of rotatable bonds is 6. The van der Waals surface area contributed by atoms with Crippen molar-refractivity contribution in [2.45, 2.75) is 40.0 Å². The number of carbonyl (C=O) groups is 1. The quantitative estimate of drug-likeness (QED) is 0.863. The van der Waals surface area contributed by atoms with Gasteiger partial charge in [-0.15, -0.1) is 11.3 Å². The standard InChI is InChI=1S/C13H23N3OS/c1-5-16(6-2)13(17)14-8-7-12-15-11(9-18-12)10(3)4/h9-10H,5-8H2,1-4H3,(H,14,17). The van der Waals surface area contributed by atoms with Gasteiger partial charge >= 0.3 is 6.03 Å². The molecule has 0 bridgehead atoms. The fourth-order valence-electron chi connectivity index (χ4n) is 1.60. The zero-order valence-corrected chi connectivity index (χ0v) is 12.5. The van der Waals surface area contributed by atoms with Crippen LogP contribution in [0.4, 0.5) is 4.79 Å². The predicted octanol–water partition coefficient (Wildman–Crippen LogP) is 2.86. The number of hydrogen-bond acceptors (Lipinski definition) is 3. The minimum absolute atomic E-state index is 0.0145. The number of nitrogens with zero attached hydrogens (tertiary/aromatic N) is 2. The van der Waals surface area contributed by atoms with Gasteiger partial charge in [-0.2, -0.15) is 0 Å². The van der Waals surface area contributed by atoms with Crippen LogP contribution >= 0.6 is 11.3 Å². The van der Waals surface area contributed by atoms with E-state index in [-0.39, 0.29) is 6.03 Å². The van der Waals surface area contributed by atoms with Crippen LogP contribution in [0.25, 0.3) is 0 Å². The molecule has 0 unspecified atom stereocenters. The summed E-state index contributed by atoms with van der Waals surface area (Å²) in [5.74, 6) is 0.472. The van der Waals surface area contributed by atoms with Gasteiger partial charge in [0.05, 0.1) is 10.7 Å². The van der Waals surface area contributed by atoms with Crippen molar-refractivity contribution in [3.63, 3.8) is 0 Å². The summed E-state index contributed by atoms with van der Waals surface area (Å²) in [4.78, 5) is 18.0. The maximum Gasteiger partial charge on any atom is 0.317 e. The van der Waals surface area contributed by atoms with Crippen LogP contribution in [0.1, 0.15) is 44.3 Å². The van der Waals surface area contributed by atoms with E-state index in [4.69, 9.17) is 0 Å². The fraction of sp³-hybridized carbons (Fsp3) is 0.692. The molecule has 0 aromatic carbocycles. The Hall–Kier alpha value is -1.10. The van der Waals surface area contributed by atoms with Crippen LogP contribution in [0.2, 0.25) is 0 Å². The Kier molecular flexibility index (Phi) is 6.12. The monoisotopic (exact) mass is 269 g/mol. The van der Waals surface area contributed by atoms with E-state index >= 15 is 0 Å². The van der Waals surface area contributed by atoms with Crippen molar-refractivity contribution in [2.24, 2.45) is 0 Å². The summed E-state index contributed by atoms with van der Waals surface area (Å²) in [6.45, 7) is 10.4. The number of urea groups is 1. The molecule has 1 rings (SSSR count). The lowest BCUT2D eigenvalue weighted by molar-refractivity contribution is 0.203. The highest BCUT2D eigenvalue weighted by Crippen LogP contribution is 2.17. The molecule has 1 aromatic rings. The molecule has 102 valence electrons.